The molecule has 0 aliphatic rings. The van der Waals surface area contributed by atoms with E-state index in [2.05, 4.69) is 29.6 Å². The summed E-state index contributed by atoms with van der Waals surface area (Å²) in [5.41, 5.74) is 4.24. The van der Waals surface area contributed by atoms with Gasteiger partial charge in [0.1, 0.15) is 0 Å². The molecule has 104 valence electrons. The highest BCUT2D eigenvalue weighted by Gasteiger charge is 2.13. The van der Waals surface area contributed by atoms with Crippen molar-refractivity contribution in [3.63, 3.8) is 0 Å². The zero-order chi connectivity index (χ0) is 14.7. The lowest BCUT2D eigenvalue weighted by Gasteiger charge is -2.18. The zero-order valence-corrected chi connectivity index (χ0v) is 12.0. The molecule has 3 heteroatoms. The first kappa shape index (κ1) is 14.1. The molecular formula is C17H19NO2. The Morgan fingerprint density at radius 1 is 1.05 bits per heavy atom. The number of carboxylic acid groups (broad SMARTS) is 1. The molecule has 0 spiro atoms. The molecule has 0 amide bonds. The first-order chi connectivity index (χ1) is 9.47. The van der Waals surface area contributed by atoms with Gasteiger partial charge in [0.15, 0.2) is 0 Å². The fourth-order valence-corrected chi connectivity index (χ4v) is 2.13. The summed E-state index contributed by atoms with van der Waals surface area (Å²) in [6.45, 7) is 5.96. The molecule has 0 fully saturated rings. The van der Waals surface area contributed by atoms with E-state index in [-0.39, 0.29) is 6.04 Å². The number of aromatic carboxylic acids is 1. The van der Waals surface area contributed by atoms with E-state index in [9.17, 15) is 9.90 Å². The van der Waals surface area contributed by atoms with Gasteiger partial charge < -0.3 is 10.4 Å². The van der Waals surface area contributed by atoms with Crippen LogP contribution in [0.1, 0.15) is 40.0 Å². The van der Waals surface area contributed by atoms with Gasteiger partial charge in [-0.15, -0.1) is 0 Å². The van der Waals surface area contributed by atoms with Crippen LogP contribution < -0.4 is 5.32 Å². The molecule has 3 nitrogen and oxygen atoms in total. The average Bonchev–Trinajstić information content (AvgIpc) is 2.41. The zero-order valence-electron chi connectivity index (χ0n) is 12.0. The van der Waals surface area contributed by atoms with Gasteiger partial charge in [0.2, 0.25) is 0 Å². The first-order valence-corrected chi connectivity index (χ1v) is 6.64. The normalized spacial score (nSPS) is 11.9. The Bertz CT molecular complexity index is 617. The molecular weight excluding hydrogens is 250 g/mol. The van der Waals surface area contributed by atoms with Gasteiger partial charge in [-0.3, -0.25) is 0 Å². The Morgan fingerprint density at radius 3 is 2.25 bits per heavy atom. The van der Waals surface area contributed by atoms with Crippen molar-refractivity contribution >= 4 is 11.7 Å². The standard InChI is InChI=1S/C17H19NO2/c1-11-4-7-14(8-5-11)13(3)18-16-9-6-12(2)10-15(16)17(19)20/h4-10,13,18H,1-3H3,(H,19,20). The predicted octanol–water partition coefficient (Wildman–Crippen LogP) is 4.17. The number of carbonyl (C=O) groups is 1. The van der Waals surface area contributed by atoms with Crippen molar-refractivity contribution in [1.82, 2.24) is 0 Å². The number of benzene rings is 2. The van der Waals surface area contributed by atoms with Crippen LogP contribution in [0.4, 0.5) is 5.69 Å². The van der Waals surface area contributed by atoms with Crippen molar-refractivity contribution in [2.75, 3.05) is 5.32 Å². The summed E-state index contributed by atoms with van der Waals surface area (Å²) in [5.74, 6) is -0.910. The van der Waals surface area contributed by atoms with Crippen LogP contribution in [0.2, 0.25) is 0 Å². The monoisotopic (exact) mass is 269 g/mol. The quantitative estimate of drug-likeness (QED) is 0.875. The van der Waals surface area contributed by atoms with Crippen LogP contribution in [-0.4, -0.2) is 11.1 Å². The van der Waals surface area contributed by atoms with E-state index < -0.39 is 5.97 Å². The van der Waals surface area contributed by atoms with Crippen molar-refractivity contribution < 1.29 is 9.90 Å². The summed E-state index contributed by atoms with van der Waals surface area (Å²) < 4.78 is 0. The van der Waals surface area contributed by atoms with Crippen molar-refractivity contribution in [2.45, 2.75) is 26.8 Å². The second kappa shape index (κ2) is 5.78. The lowest BCUT2D eigenvalue weighted by atomic mass is 10.0. The van der Waals surface area contributed by atoms with E-state index in [1.807, 2.05) is 32.9 Å². The van der Waals surface area contributed by atoms with Gasteiger partial charge >= 0.3 is 5.97 Å². The molecule has 0 aliphatic heterocycles. The van der Waals surface area contributed by atoms with Gasteiger partial charge in [-0.1, -0.05) is 41.5 Å². The molecule has 2 N–H and O–H groups in total. The third kappa shape index (κ3) is 3.18. The van der Waals surface area contributed by atoms with Gasteiger partial charge in [-0.25, -0.2) is 4.79 Å². The lowest BCUT2D eigenvalue weighted by molar-refractivity contribution is 0.0698. The highest BCUT2D eigenvalue weighted by Crippen LogP contribution is 2.23. The molecule has 0 aromatic heterocycles. The van der Waals surface area contributed by atoms with Crippen molar-refractivity contribution in [3.8, 4) is 0 Å². The molecule has 20 heavy (non-hydrogen) atoms. The first-order valence-electron chi connectivity index (χ1n) is 6.64. The summed E-state index contributed by atoms with van der Waals surface area (Å²) in [7, 11) is 0. The summed E-state index contributed by atoms with van der Waals surface area (Å²) in [5, 5.41) is 12.5. The van der Waals surface area contributed by atoms with Gasteiger partial charge in [-0.2, -0.15) is 0 Å². The minimum atomic E-state index is -0.910. The van der Waals surface area contributed by atoms with E-state index in [1.165, 1.54) is 5.56 Å². The Morgan fingerprint density at radius 2 is 1.65 bits per heavy atom. The van der Waals surface area contributed by atoms with Crippen molar-refractivity contribution in [3.05, 3.63) is 64.7 Å². The largest absolute Gasteiger partial charge is 0.478 e. The lowest BCUT2D eigenvalue weighted by Crippen LogP contribution is -2.11. The molecule has 2 aromatic carbocycles. The van der Waals surface area contributed by atoms with Crippen LogP contribution in [0.25, 0.3) is 0 Å². The Kier molecular flexibility index (Phi) is 4.08. The van der Waals surface area contributed by atoms with E-state index in [0.29, 0.717) is 11.3 Å². The van der Waals surface area contributed by atoms with Crippen LogP contribution >= 0.6 is 0 Å². The maximum atomic E-state index is 11.3. The molecule has 0 saturated heterocycles. The molecule has 0 aliphatic carbocycles. The second-order valence-corrected chi connectivity index (χ2v) is 5.13. The van der Waals surface area contributed by atoms with Gasteiger partial charge in [-0.05, 0) is 38.5 Å². The Labute approximate surface area is 119 Å². The van der Waals surface area contributed by atoms with Crippen molar-refractivity contribution in [1.29, 1.82) is 0 Å². The van der Waals surface area contributed by atoms with E-state index in [4.69, 9.17) is 0 Å². The molecule has 2 rings (SSSR count). The topological polar surface area (TPSA) is 49.3 Å². The van der Waals surface area contributed by atoms with E-state index >= 15 is 0 Å². The smallest absolute Gasteiger partial charge is 0.337 e. The SMILES string of the molecule is Cc1ccc(C(C)Nc2ccc(C)cc2C(=O)O)cc1. The second-order valence-electron chi connectivity index (χ2n) is 5.13. The van der Waals surface area contributed by atoms with E-state index in [0.717, 1.165) is 11.1 Å². The highest BCUT2D eigenvalue weighted by atomic mass is 16.4. The summed E-state index contributed by atoms with van der Waals surface area (Å²) in [6.07, 6.45) is 0. The fraction of sp³-hybridized carbons (Fsp3) is 0.235. The molecule has 1 atom stereocenters. The molecule has 0 heterocycles. The summed E-state index contributed by atoms with van der Waals surface area (Å²) >= 11 is 0. The van der Waals surface area contributed by atoms with Crippen LogP contribution in [0.5, 0.6) is 0 Å². The maximum Gasteiger partial charge on any atom is 0.337 e. The van der Waals surface area contributed by atoms with Crippen LogP contribution in [0.15, 0.2) is 42.5 Å². The van der Waals surface area contributed by atoms with E-state index in [1.54, 1.807) is 6.07 Å². The molecule has 2 aromatic rings. The minimum Gasteiger partial charge on any atom is -0.478 e. The van der Waals surface area contributed by atoms with Crippen LogP contribution in [0.3, 0.4) is 0 Å². The van der Waals surface area contributed by atoms with Gasteiger partial charge in [0, 0.05) is 11.7 Å². The van der Waals surface area contributed by atoms with Crippen molar-refractivity contribution in [2.24, 2.45) is 0 Å². The number of carboxylic acids is 1. The Hall–Kier alpha value is -2.29. The highest BCUT2D eigenvalue weighted by molar-refractivity contribution is 5.94. The predicted molar refractivity (Wildman–Crippen MR) is 81.4 cm³/mol. The summed E-state index contributed by atoms with van der Waals surface area (Å²) in [6, 6.07) is 13.7. The molecule has 0 saturated carbocycles. The number of aryl methyl sites for hydroxylation is 2. The van der Waals surface area contributed by atoms with Crippen LogP contribution in [-0.2, 0) is 0 Å². The van der Waals surface area contributed by atoms with Crippen LogP contribution in [0, 0.1) is 13.8 Å². The third-order valence-electron chi connectivity index (χ3n) is 3.35. The number of hydrogen-bond acceptors (Lipinski definition) is 2. The fourth-order valence-electron chi connectivity index (χ4n) is 2.13. The minimum absolute atomic E-state index is 0.0522. The molecule has 1 unspecified atom stereocenters. The number of rotatable bonds is 4. The molecule has 0 bridgehead atoms. The molecule has 0 radical (unpaired) electrons. The van der Waals surface area contributed by atoms with Gasteiger partial charge in [0.25, 0.3) is 0 Å². The average molecular weight is 269 g/mol. The number of anilines is 1. The Balaban J connectivity index is 2.25. The number of hydrogen-bond donors (Lipinski definition) is 2. The number of nitrogens with one attached hydrogen (secondary N) is 1. The van der Waals surface area contributed by atoms with Gasteiger partial charge in [0.05, 0.1) is 5.56 Å². The summed E-state index contributed by atoms with van der Waals surface area (Å²) in [4.78, 5) is 11.3. The maximum absolute atomic E-state index is 11.3. The third-order valence-corrected chi connectivity index (χ3v) is 3.35.